The lowest BCUT2D eigenvalue weighted by molar-refractivity contribution is -0.117. The minimum atomic E-state index is -1.02. The molecule has 1 aliphatic rings. The van der Waals surface area contributed by atoms with Gasteiger partial charge in [-0.3, -0.25) is 4.79 Å². The summed E-state index contributed by atoms with van der Waals surface area (Å²) in [7, 11) is 1.76. The van der Waals surface area contributed by atoms with E-state index in [2.05, 4.69) is 5.32 Å². The third-order valence-electron chi connectivity index (χ3n) is 2.87. The zero-order chi connectivity index (χ0) is 12.6. The Bertz CT molecular complexity index is 487. The third-order valence-corrected chi connectivity index (χ3v) is 2.87. The summed E-state index contributed by atoms with van der Waals surface area (Å²) in [6.45, 7) is 0.211. The van der Waals surface area contributed by atoms with Gasteiger partial charge in [0, 0.05) is 13.6 Å². The number of rotatable bonds is 2. The van der Waals surface area contributed by atoms with Gasteiger partial charge >= 0.3 is 5.97 Å². The van der Waals surface area contributed by atoms with Crippen molar-refractivity contribution in [3.63, 3.8) is 0 Å². The lowest BCUT2D eigenvalue weighted by Gasteiger charge is -2.34. The van der Waals surface area contributed by atoms with Crippen molar-refractivity contribution in [2.75, 3.05) is 23.8 Å². The molecule has 1 amide bonds. The molecule has 1 heterocycles. The molecule has 0 saturated carbocycles. The lowest BCUT2D eigenvalue weighted by Crippen LogP contribution is -2.50. The number of hydrogen-bond acceptors (Lipinski definition) is 4. The van der Waals surface area contributed by atoms with E-state index >= 15 is 0 Å². The Morgan fingerprint density at radius 1 is 1.59 bits per heavy atom. The molecule has 1 aromatic rings. The Kier molecular flexibility index (Phi) is 2.72. The van der Waals surface area contributed by atoms with Crippen molar-refractivity contribution in [2.24, 2.45) is 5.73 Å². The van der Waals surface area contributed by atoms with Crippen LogP contribution in [0.3, 0.4) is 0 Å². The van der Waals surface area contributed by atoms with Crippen molar-refractivity contribution in [1.29, 1.82) is 0 Å². The second-order valence-corrected chi connectivity index (χ2v) is 3.89. The van der Waals surface area contributed by atoms with Gasteiger partial charge in [0.1, 0.15) is 6.04 Å². The van der Waals surface area contributed by atoms with Gasteiger partial charge in [0.25, 0.3) is 0 Å². The van der Waals surface area contributed by atoms with Crippen molar-refractivity contribution < 1.29 is 14.7 Å². The number of aromatic carboxylic acids is 1. The summed E-state index contributed by atoms with van der Waals surface area (Å²) in [5.74, 6) is -1.24. The fourth-order valence-corrected chi connectivity index (χ4v) is 1.90. The van der Waals surface area contributed by atoms with Crippen LogP contribution in [-0.2, 0) is 4.79 Å². The third kappa shape index (κ3) is 1.83. The fraction of sp³-hybridized carbons (Fsp3) is 0.273. The van der Waals surface area contributed by atoms with Gasteiger partial charge in [0.2, 0.25) is 5.91 Å². The summed E-state index contributed by atoms with van der Waals surface area (Å²) >= 11 is 0. The van der Waals surface area contributed by atoms with Crippen LogP contribution in [0.5, 0.6) is 0 Å². The van der Waals surface area contributed by atoms with E-state index < -0.39 is 12.0 Å². The average molecular weight is 235 g/mol. The maximum absolute atomic E-state index is 11.7. The number of benzene rings is 1. The van der Waals surface area contributed by atoms with Crippen molar-refractivity contribution in [3.05, 3.63) is 23.8 Å². The Labute approximate surface area is 98.0 Å². The highest BCUT2D eigenvalue weighted by Crippen LogP contribution is 2.31. The average Bonchev–Trinajstić information content (AvgIpc) is 2.28. The van der Waals surface area contributed by atoms with E-state index in [0.29, 0.717) is 5.69 Å². The number of nitrogens with one attached hydrogen (secondary N) is 1. The predicted molar refractivity (Wildman–Crippen MR) is 63.3 cm³/mol. The van der Waals surface area contributed by atoms with Gasteiger partial charge in [-0.05, 0) is 18.2 Å². The molecule has 4 N–H and O–H groups in total. The molecular formula is C11H13N3O3. The van der Waals surface area contributed by atoms with Crippen molar-refractivity contribution in [1.82, 2.24) is 0 Å². The predicted octanol–water partition coefficient (Wildman–Crippen LogP) is 0.100. The minimum absolute atomic E-state index is 0.142. The SMILES string of the molecule is CN1c2ccc(C(=O)O)cc2NC(=O)C1CN. The molecule has 6 nitrogen and oxygen atoms in total. The summed E-state index contributed by atoms with van der Waals surface area (Å²) in [5, 5.41) is 11.5. The lowest BCUT2D eigenvalue weighted by atomic mass is 10.1. The van der Waals surface area contributed by atoms with Gasteiger partial charge in [0.05, 0.1) is 16.9 Å². The van der Waals surface area contributed by atoms with Crippen LogP contribution < -0.4 is 16.0 Å². The molecule has 0 saturated heterocycles. The molecule has 0 aliphatic carbocycles. The molecule has 2 rings (SSSR count). The van der Waals surface area contributed by atoms with E-state index in [1.54, 1.807) is 18.0 Å². The van der Waals surface area contributed by atoms with E-state index in [4.69, 9.17) is 10.8 Å². The molecule has 17 heavy (non-hydrogen) atoms. The van der Waals surface area contributed by atoms with Gasteiger partial charge in [-0.2, -0.15) is 0 Å². The van der Waals surface area contributed by atoms with Crippen molar-refractivity contribution >= 4 is 23.3 Å². The first-order valence-electron chi connectivity index (χ1n) is 5.15. The van der Waals surface area contributed by atoms with Gasteiger partial charge in [-0.15, -0.1) is 0 Å². The number of carbonyl (C=O) groups excluding carboxylic acids is 1. The first kappa shape index (κ1) is 11.4. The number of nitrogens with zero attached hydrogens (tertiary/aromatic N) is 1. The smallest absolute Gasteiger partial charge is 0.335 e. The Morgan fingerprint density at radius 2 is 2.29 bits per heavy atom. The van der Waals surface area contributed by atoms with Gasteiger partial charge in [0.15, 0.2) is 0 Å². The van der Waals surface area contributed by atoms with Crippen LogP contribution in [0, 0.1) is 0 Å². The topological polar surface area (TPSA) is 95.7 Å². The first-order valence-corrected chi connectivity index (χ1v) is 5.15. The number of carbonyl (C=O) groups is 2. The fourth-order valence-electron chi connectivity index (χ4n) is 1.90. The van der Waals surface area contributed by atoms with Gasteiger partial charge in [-0.25, -0.2) is 4.79 Å². The normalized spacial score (nSPS) is 18.6. The number of carboxylic acids is 1. The van der Waals surface area contributed by atoms with Crippen LogP contribution in [0.4, 0.5) is 11.4 Å². The van der Waals surface area contributed by atoms with E-state index in [0.717, 1.165) is 5.69 Å². The molecule has 0 bridgehead atoms. The number of carboxylic acid groups (broad SMARTS) is 1. The Hall–Kier alpha value is -2.08. The highest BCUT2D eigenvalue weighted by molar-refractivity contribution is 6.05. The molecule has 0 radical (unpaired) electrons. The molecule has 0 fully saturated rings. The van der Waals surface area contributed by atoms with Crippen LogP contribution in [0.15, 0.2) is 18.2 Å². The molecule has 1 unspecified atom stereocenters. The van der Waals surface area contributed by atoms with Crippen LogP contribution in [-0.4, -0.2) is 36.6 Å². The quantitative estimate of drug-likeness (QED) is 0.675. The number of amides is 1. The molecule has 0 aromatic heterocycles. The Morgan fingerprint density at radius 3 is 2.88 bits per heavy atom. The van der Waals surface area contributed by atoms with E-state index in [1.807, 2.05) is 0 Å². The molecule has 1 aliphatic heterocycles. The monoisotopic (exact) mass is 235 g/mol. The number of anilines is 2. The summed E-state index contributed by atoms with van der Waals surface area (Å²) in [4.78, 5) is 24.3. The van der Waals surface area contributed by atoms with Crippen LogP contribution in [0.1, 0.15) is 10.4 Å². The van der Waals surface area contributed by atoms with Gasteiger partial charge in [-0.1, -0.05) is 0 Å². The van der Waals surface area contributed by atoms with Crippen molar-refractivity contribution in [2.45, 2.75) is 6.04 Å². The summed E-state index contributed by atoms with van der Waals surface area (Å²) < 4.78 is 0. The zero-order valence-corrected chi connectivity index (χ0v) is 9.30. The molecule has 1 aromatic carbocycles. The van der Waals surface area contributed by atoms with Crippen LogP contribution >= 0.6 is 0 Å². The number of likely N-dealkylation sites (N-methyl/N-ethyl adjacent to an activating group) is 1. The molecular weight excluding hydrogens is 222 g/mol. The molecule has 0 spiro atoms. The molecule has 1 atom stereocenters. The summed E-state index contributed by atoms with van der Waals surface area (Å²) in [6, 6.07) is 4.20. The van der Waals surface area contributed by atoms with Crippen molar-refractivity contribution in [3.8, 4) is 0 Å². The van der Waals surface area contributed by atoms with E-state index in [9.17, 15) is 9.59 Å². The van der Waals surface area contributed by atoms with E-state index in [-0.39, 0.29) is 18.0 Å². The maximum atomic E-state index is 11.7. The van der Waals surface area contributed by atoms with Crippen LogP contribution in [0.2, 0.25) is 0 Å². The number of nitrogens with two attached hydrogens (primary N) is 1. The molecule has 90 valence electrons. The molecule has 6 heteroatoms. The standard InChI is InChI=1S/C11H13N3O3/c1-14-8-3-2-6(11(16)17)4-7(8)13-10(15)9(14)5-12/h2-4,9H,5,12H2,1H3,(H,13,15)(H,16,17). The minimum Gasteiger partial charge on any atom is -0.478 e. The van der Waals surface area contributed by atoms with Crippen LogP contribution in [0.25, 0.3) is 0 Å². The Balaban J connectivity index is 2.45. The first-order chi connectivity index (χ1) is 8.04. The van der Waals surface area contributed by atoms with Gasteiger partial charge < -0.3 is 21.1 Å². The second kappa shape index (κ2) is 4.06. The second-order valence-electron chi connectivity index (χ2n) is 3.89. The summed E-state index contributed by atoms with van der Waals surface area (Å²) in [6.07, 6.45) is 0. The van der Waals surface area contributed by atoms with E-state index in [1.165, 1.54) is 12.1 Å². The number of hydrogen-bond donors (Lipinski definition) is 3. The maximum Gasteiger partial charge on any atom is 0.335 e. The number of fused-ring (bicyclic) bond motifs is 1. The summed E-state index contributed by atoms with van der Waals surface area (Å²) in [5.41, 5.74) is 6.94. The highest BCUT2D eigenvalue weighted by Gasteiger charge is 2.29. The highest BCUT2D eigenvalue weighted by atomic mass is 16.4. The largest absolute Gasteiger partial charge is 0.478 e. The zero-order valence-electron chi connectivity index (χ0n) is 9.30.